The third-order valence-corrected chi connectivity index (χ3v) is 8.74. The first-order chi connectivity index (χ1) is 14.9. The van der Waals surface area contributed by atoms with Gasteiger partial charge in [0.1, 0.15) is 5.82 Å². The maximum atomic E-state index is 6.56. The second-order valence-electron chi connectivity index (χ2n) is 9.06. The Morgan fingerprint density at radius 3 is 2.71 bits per heavy atom. The van der Waals surface area contributed by atoms with E-state index in [4.69, 9.17) is 28.1 Å². The van der Waals surface area contributed by atoms with Crippen molar-refractivity contribution in [2.45, 2.75) is 55.4 Å². The number of nitrogen functional groups attached to an aromatic ring is 1. The van der Waals surface area contributed by atoms with Crippen LogP contribution in [0.25, 0.3) is 5.65 Å². The summed E-state index contributed by atoms with van der Waals surface area (Å²) in [7, 11) is 0. The SMILES string of the molecule is Cc1nc(N2CCC3(CC2)CC(C)C[C@H]3N)n2ccnc2c1Sc1ccnc(N)c1Cl. The Balaban J connectivity index is 1.45. The van der Waals surface area contributed by atoms with Crippen molar-refractivity contribution in [1.29, 1.82) is 0 Å². The molecule has 3 aromatic rings. The second kappa shape index (κ2) is 7.83. The normalized spacial score (nSPS) is 23.2. The maximum absolute atomic E-state index is 6.56. The van der Waals surface area contributed by atoms with Gasteiger partial charge in [0.2, 0.25) is 5.95 Å². The molecule has 0 aromatic carbocycles. The number of hydrogen-bond donors (Lipinski definition) is 2. The van der Waals surface area contributed by atoms with Crippen molar-refractivity contribution in [3.63, 3.8) is 0 Å². The molecule has 1 spiro atoms. The van der Waals surface area contributed by atoms with E-state index in [-0.39, 0.29) is 0 Å². The standard InChI is InChI=1S/C22H28ClN7S/c1-13-11-16(24)22(12-13)4-8-29(9-5-22)21-28-14(2)18(20-27-7-10-30(20)21)31-15-3-6-26-19(25)17(15)23/h3,6-7,10,13,16H,4-5,8-9,11-12,24H2,1-2H3,(H2,25,26)/t13?,16-/m1/s1. The van der Waals surface area contributed by atoms with Gasteiger partial charge < -0.3 is 16.4 Å². The molecule has 3 aromatic heterocycles. The molecule has 7 nitrogen and oxygen atoms in total. The number of hydrogen-bond acceptors (Lipinski definition) is 7. The van der Waals surface area contributed by atoms with Crippen molar-refractivity contribution < 1.29 is 0 Å². The van der Waals surface area contributed by atoms with Crippen LogP contribution in [0.1, 0.15) is 38.3 Å². The minimum Gasteiger partial charge on any atom is -0.382 e. The first kappa shape index (κ1) is 20.8. The molecule has 0 radical (unpaired) electrons. The zero-order chi connectivity index (χ0) is 21.8. The first-order valence-electron chi connectivity index (χ1n) is 10.8. The number of anilines is 2. The van der Waals surface area contributed by atoms with Gasteiger partial charge in [-0.2, -0.15) is 0 Å². The fourth-order valence-electron chi connectivity index (χ4n) is 5.36. The molecule has 5 rings (SSSR count). The van der Waals surface area contributed by atoms with E-state index in [1.165, 1.54) is 18.2 Å². The van der Waals surface area contributed by atoms with Gasteiger partial charge in [-0.05, 0) is 50.0 Å². The molecule has 1 aliphatic heterocycles. The predicted octanol–water partition coefficient (Wildman–Crippen LogP) is 4.16. The number of aromatic nitrogens is 4. The van der Waals surface area contributed by atoms with E-state index in [1.807, 2.05) is 25.4 Å². The quantitative estimate of drug-likeness (QED) is 0.609. The Bertz CT molecular complexity index is 1120. The smallest absolute Gasteiger partial charge is 0.211 e. The summed E-state index contributed by atoms with van der Waals surface area (Å²) in [6.07, 6.45) is 10.1. The minimum atomic E-state index is 0.298. The van der Waals surface area contributed by atoms with E-state index in [2.05, 4.69) is 26.2 Å². The lowest BCUT2D eigenvalue weighted by Crippen LogP contribution is -2.47. The van der Waals surface area contributed by atoms with E-state index in [1.54, 1.807) is 6.20 Å². The number of aryl methyl sites for hydroxylation is 1. The highest BCUT2D eigenvalue weighted by Gasteiger charge is 2.46. The highest BCUT2D eigenvalue weighted by Crippen LogP contribution is 2.48. The number of halogens is 1. The largest absolute Gasteiger partial charge is 0.382 e. The van der Waals surface area contributed by atoms with Crippen LogP contribution in [0.2, 0.25) is 5.02 Å². The molecule has 2 fully saturated rings. The third kappa shape index (κ3) is 3.54. The van der Waals surface area contributed by atoms with Crippen LogP contribution in [-0.4, -0.2) is 38.5 Å². The average molecular weight is 458 g/mol. The molecule has 1 saturated carbocycles. The first-order valence-corrected chi connectivity index (χ1v) is 12.0. The van der Waals surface area contributed by atoms with Crippen molar-refractivity contribution in [1.82, 2.24) is 19.4 Å². The summed E-state index contributed by atoms with van der Waals surface area (Å²) in [6.45, 7) is 6.30. The van der Waals surface area contributed by atoms with Gasteiger partial charge in [0.25, 0.3) is 0 Å². The minimum absolute atomic E-state index is 0.298. The van der Waals surface area contributed by atoms with E-state index in [0.717, 1.165) is 65.4 Å². The van der Waals surface area contributed by atoms with Crippen LogP contribution in [-0.2, 0) is 0 Å². The lowest BCUT2D eigenvalue weighted by Gasteiger charge is -2.42. The van der Waals surface area contributed by atoms with Crippen LogP contribution in [0.5, 0.6) is 0 Å². The molecular weight excluding hydrogens is 430 g/mol. The monoisotopic (exact) mass is 457 g/mol. The van der Waals surface area contributed by atoms with E-state index in [9.17, 15) is 0 Å². The molecule has 164 valence electrons. The summed E-state index contributed by atoms with van der Waals surface area (Å²) in [5, 5.41) is 0.462. The molecule has 1 aliphatic carbocycles. The zero-order valence-corrected chi connectivity index (χ0v) is 19.5. The second-order valence-corrected chi connectivity index (χ2v) is 10.5. The van der Waals surface area contributed by atoms with Crippen LogP contribution in [0, 0.1) is 18.3 Å². The summed E-state index contributed by atoms with van der Waals surface area (Å²) >= 11 is 7.91. The molecule has 2 atom stereocenters. The molecule has 4 N–H and O–H groups in total. The summed E-state index contributed by atoms with van der Waals surface area (Å²) in [6, 6.07) is 2.19. The molecule has 2 aliphatic rings. The topological polar surface area (TPSA) is 98.4 Å². The van der Waals surface area contributed by atoms with Crippen LogP contribution < -0.4 is 16.4 Å². The van der Waals surface area contributed by atoms with E-state index < -0.39 is 0 Å². The lowest BCUT2D eigenvalue weighted by atomic mass is 9.74. The molecule has 1 unspecified atom stereocenters. The molecule has 1 saturated heterocycles. The Labute approximate surface area is 191 Å². The Hall–Kier alpha value is -2.03. The van der Waals surface area contributed by atoms with Gasteiger partial charge in [0.15, 0.2) is 5.65 Å². The van der Waals surface area contributed by atoms with Crippen molar-refractivity contribution in [2.24, 2.45) is 17.1 Å². The molecule has 0 amide bonds. The number of nitrogens with two attached hydrogens (primary N) is 2. The number of nitrogens with zero attached hydrogens (tertiary/aromatic N) is 5. The fraction of sp³-hybridized carbons (Fsp3) is 0.500. The number of pyridine rings is 1. The molecule has 0 bridgehead atoms. The summed E-state index contributed by atoms with van der Waals surface area (Å²) in [4.78, 5) is 17.9. The highest BCUT2D eigenvalue weighted by molar-refractivity contribution is 7.99. The van der Waals surface area contributed by atoms with Crippen molar-refractivity contribution >= 4 is 40.8 Å². The Morgan fingerprint density at radius 1 is 1.23 bits per heavy atom. The zero-order valence-electron chi connectivity index (χ0n) is 17.9. The molecule has 4 heterocycles. The van der Waals surface area contributed by atoms with Gasteiger partial charge >= 0.3 is 0 Å². The van der Waals surface area contributed by atoms with Gasteiger partial charge in [-0.25, -0.2) is 15.0 Å². The third-order valence-electron chi connectivity index (χ3n) is 6.99. The number of rotatable bonds is 3. The van der Waals surface area contributed by atoms with Crippen LogP contribution in [0.3, 0.4) is 0 Å². The molecule has 9 heteroatoms. The Kier molecular flexibility index (Phi) is 5.27. The van der Waals surface area contributed by atoms with Crippen molar-refractivity contribution in [2.75, 3.05) is 23.7 Å². The number of piperidine rings is 1. The van der Waals surface area contributed by atoms with Crippen molar-refractivity contribution in [3.05, 3.63) is 35.4 Å². The van der Waals surface area contributed by atoms with Gasteiger partial charge in [0, 0.05) is 42.6 Å². The van der Waals surface area contributed by atoms with Gasteiger partial charge in [0.05, 0.1) is 15.6 Å². The summed E-state index contributed by atoms with van der Waals surface area (Å²) in [5.41, 5.74) is 14.5. The van der Waals surface area contributed by atoms with Gasteiger partial charge in [-0.3, -0.25) is 4.40 Å². The average Bonchev–Trinajstić information content (AvgIpc) is 3.32. The lowest BCUT2D eigenvalue weighted by molar-refractivity contribution is 0.192. The highest BCUT2D eigenvalue weighted by atomic mass is 35.5. The van der Waals surface area contributed by atoms with E-state index in [0.29, 0.717) is 22.3 Å². The maximum Gasteiger partial charge on any atom is 0.211 e. The Morgan fingerprint density at radius 2 is 2.00 bits per heavy atom. The van der Waals surface area contributed by atoms with Crippen LogP contribution in [0.4, 0.5) is 11.8 Å². The fourth-order valence-corrected chi connectivity index (χ4v) is 6.57. The summed E-state index contributed by atoms with van der Waals surface area (Å²) < 4.78 is 2.09. The summed E-state index contributed by atoms with van der Waals surface area (Å²) in [5.74, 6) is 2.01. The molecule has 31 heavy (non-hydrogen) atoms. The van der Waals surface area contributed by atoms with Crippen LogP contribution in [0.15, 0.2) is 34.4 Å². The number of fused-ring (bicyclic) bond motifs is 1. The van der Waals surface area contributed by atoms with E-state index >= 15 is 0 Å². The number of imidazole rings is 1. The van der Waals surface area contributed by atoms with Crippen molar-refractivity contribution in [3.8, 4) is 0 Å². The van der Waals surface area contributed by atoms with Gasteiger partial charge in [-0.1, -0.05) is 30.3 Å². The predicted molar refractivity (Wildman–Crippen MR) is 126 cm³/mol. The molecular formula is C22H28ClN7S. The van der Waals surface area contributed by atoms with Gasteiger partial charge in [-0.15, -0.1) is 0 Å². The van der Waals surface area contributed by atoms with Crippen LogP contribution >= 0.6 is 23.4 Å².